The van der Waals surface area contributed by atoms with Gasteiger partial charge in [-0.05, 0) is 70.5 Å². The van der Waals surface area contributed by atoms with Gasteiger partial charge in [0.05, 0.1) is 5.56 Å². The summed E-state index contributed by atoms with van der Waals surface area (Å²) in [7, 11) is 6.08. The van der Waals surface area contributed by atoms with E-state index in [1.807, 2.05) is 20.2 Å². The molecule has 2 atom stereocenters. The number of benzene rings is 1. The van der Waals surface area contributed by atoms with Crippen LogP contribution in [0, 0.1) is 5.92 Å². The van der Waals surface area contributed by atoms with Gasteiger partial charge >= 0.3 is 6.18 Å². The largest absolute Gasteiger partial charge is 0.493 e. The smallest absolute Gasteiger partial charge is 0.416 e. The predicted molar refractivity (Wildman–Crippen MR) is 130 cm³/mol. The molecule has 2 aliphatic rings. The fourth-order valence-electron chi connectivity index (χ4n) is 4.30. The van der Waals surface area contributed by atoms with Crippen molar-refractivity contribution in [2.75, 3.05) is 34.3 Å². The summed E-state index contributed by atoms with van der Waals surface area (Å²) in [6.45, 7) is 5.74. The normalized spacial score (nSPS) is 22.5. The van der Waals surface area contributed by atoms with Crippen LogP contribution in [0.5, 0.6) is 0 Å². The van der Waals surface area contributed by atoms with Gasteiger partial charge in [-0.25, -0.2) is 0 Å². The third-order valence-corrected chi connectivity index (χ3v) is 6.19. The van der Waals surface area contributed by atoms with Crippen LogP contribution in [-0.4, -0.2) is 49.6 Å². The van der Waals surface area contributed by atoms with Gasteiger partial charge in [0, 0.05) is 30.7 Å². The van der Waals surface area contributed by atoms with Crippen LogP contribution in [0.25, 0.3) is 0 Å². The number of hydrogen-bond acceptors (Lipinski definition) is 3. The number of halogens is 5. The number of allylic oxidation sites excluding steroid dienone is 3. The molecule has 0 amide bonds. The average Bonchev–Trinajstić information content (AvgIpc) is 2.64. The molecule has 1 heterocycles. The highest BCUT2D eigenvalue weighted by Gasteiger charge is 2.43. The Morgan fingerprint density at radius 1 is 1.16 bits per heavy atom. The first kappa shape index (κ1) is 28.0. The molecule has 0 N–H and O–H groups in total. The van der Waals surface area contributed by atoms with Crippen LogP contribution >= 0.6 is 34.0 Å². The molecule has 1 aromatic carbocycles. The zero-order chi connectivity index (χ0) is 21.4. The van der Waals surface area contributed by atoms with Gasteiger partial charge in [0.15, 0.2) is 0 Å². The third kappa shape index (κ3) is 6.51. The van der Waals surface area contributed by atoms with Gasteiger partial charge in [-0.1, -0.05) is 18.2 Å². The Bertz CT molecular complexity index is 806. The number of piperidine rings is 1. The van der Waals surface area contributed by atoms with Crippen LogP contribution in [0.15, 0.2) is 47.9 Å². The van der Waals surface area contributed by atoms with E-state index < -0.39 is 11.7 Å². The lowest BCUT2D eigenvalue weighted by molar-refractivity contribution is -0.137. The number of likely N-dealkylation sites (tertiary alicyclic amines) is 1. The fourth-order valence-corrected chi connectivity index (χ4v) is 4.30. The molecule has 8 heteroatoms. The second kappa shape index (κ2) is 10.8. The summed E-state index contributed by atoms with van der Waals surface area (Å²) in [5.74, 6) is 1.04. The molecule has 3 nitrogen and oxygen atoms in total. The van der Waals surface area contributed by atoms with Crippen molar-refractivity contribution in [3.05, 3.63) is 59.0 Å². The van der Waals surface area contributed by atoms with Gasteiger partial charge in [-0.15, -0.1) is 34.0 Å². The highest BCUT2D eigenvalue weighted by atomic mass is 79.9. The van der Waals surface area contributed by atoms with Crippen molar-refractivity contribution in [1.29, 1.82) is 0 Å². The molecule has 2 unspecified atom stereocenters. The van der Waals surface area contributed by atoms with Crippen molar-refractivity contribution < 1.29 is 17.9 Å². The summed E-state index contributed by atoms with van der Waals surface area (Å²) < 4.78 is 45.7. The average molecular weight is 570 g/mol. The van der Waals surface area contributed by atoms with E-state index in [4.69, 9.17) is 4.74 Å². The second-order valence-corrected chi connectivity index (χ2v) is 8.97. The lowest BCUT2D eigenvalue weighted by Crippen LogP contribution is -2.49. The van der Waals surface area contributed by atoms with Gasteiger partial charge in [0.1, 0.15) is 12.4 Å². The number of fused-ring (bicyclic) bond motifs is 1. The summed E-state index contributed by atoms with van der Waals surface area (Å²) in [5, 5.41) is 0. The molecule has 0 radical (unpaired) electrons. The minimum Gasteiger partial charge on any atom is -0.493 e. The summed E-state index contributed by atoms with van der Waals surface area (Å²) in [5.41, 5.74) is 1.18. The topological polar surface area (TPSA) is 15.7 Å². The zero-order valence-corrected chi connectivity index (χ0v) is 22.1. The fraction of sp³-hybridized carbons (Fsp3) is 0.565. The van der Waals surface area contributed by atoms with E-state index in [2.05, 4.69) is 42.8 Å². The molecule has 1 aliphatic heterocycles. The molecule has 3 rings (SSSR count). The maximum Gasteiger partial charge on any atom is 0.416 e. The van der Waals surface area contributed by atoms with Crippen LogP contribution < -0.4 is 0 Å². The van der Waals surface area contributed by atoms with Crippen LogP contribution in [0.2, 0.25) is 0 Å². The standard InChI is InChI=1S/C23H31F3N2O.2BrH/c1-22(2)15-20(16-7-6-8-17(13-16)23(24,25)26)19-10-9-18(14-21(19)28(22)5)29-12-11-27(3)4;;/h6-9,13-14,19-20H,10-12,15H2,1-5H3;2*1H. The van der Waals surface area contributed by atoms with Crippen molar-refractivity contribution in [3.63, 3.8) is 0 Å². The van der Waals surface area contributed by atoms with E-state index in [-0.39, 0.29) is 51.3 Å². The van der Waals surface area contributed by atoms with Crippen LogP contribution in [0.1, 0.15) is 43.7 Å². The number of likely N-dealkylation sites (N-methyl/N-ethyl adjacent to an activating group) is 1. The lowest BCUT2D eigenvalue weighted by Gasteiger charge is -2.51. The van der Waals surface area contributed by atoms with Crippen LogP contribution in [0.3, 0.4) is 0 Å². The molecular formula is C23H33Br2F3N2O. The quantitative estimate of drug-likeness (QED) is 0.407. The highest BCUT2D eigenvalue weighted by molar-refractivity contribution is 8.93. The van der Waals surface area contributed by atoms with E-state index in [0.717, 1.165) is 42.5 Å². The van der Waals surface area contributed by atoms with Crippen molar-refractivity contribution >= 4 is 34.0 Å². The van der Waals surface area contributed by atoms with E-state index in [9.17, 15) is 13.2 Å². The number of nitrogens with zero attached hydrogens (tertiary/aromatic N) is 2. The summed E-state index contributed by atoms with van der Waals surface area (Å²) in [6, 6.07) is 5.85. The summed E-state index contributed by atoms with van der Waals surface area (Å²) in [4.78, 5) is 4.34. The molecule has 0 bridgehead atoms. The van der Waals surface area contributed by atoms with Gasteiger partial charge in [-0.2, -0.15) is 13.2 Å². The van der Waals surface area contributed by atoms with Crippen LogP contribution in [0.4, 0.5) is 13.2 Å². The SMILES string of the molecule is Br.Br.CN(C)CCOC1=CCC2C(=C1)N(C)C(C)(C)CC2c1cccc(C(F)(F)F)c1. The Morgan fingerprint density at radius 2 is 1.84 bits per heavy atom. The monoisotopic (exact) mass is 568 g/mol. The lowest BCUT2D eigenvalue weighted by atomic mass is 9.69. The Morgan fingerprint density at radius 3 is 2.45 bits per heavy atom. The molecule has 1 aromatic rings. The van der Waals surface area contributed by atoms with Crippen molar-refractivity contribution in [2.24, 2.45) is 5.92 Å². The summed E-state index contributed by atoms with van der Waals surface area (Å²) in [6.07, 6.45) is 1.40. The molecule has 1 aliphatic carbocycles. The maximum absolute atomic E-state index is 13.3. The van der Waals surface area contributed by atoms with E-state index >= 15 is 0 Å². The number of rotatable bonds is 5. The van der Waals surface area contributed by atoms with Crippen molar-refractivity contribution in [2.45, 2.75) is 44.3 Å². The predicted octanol–water partition coefficient (Wildman–Crippen LogP) is 6.42. The Balaban J connectivity index is 0.00000240. The highest BCUT2D eigenvalue weighted by Crippen LogP contribution is 2.49. The van der Waals surface area contributed by atoms with Gasteiger partial charge in [0.2, 0.25) is 0 Å². The minimum absolute atomic E-state index is 0. The number of alkyl halides is 3. The van der Waals surface area contributed by atoms with E-state index in [0.29, 0.717) is 6.61 Å². The molecule has 0 spiro atoms. The Labute approximate surface area is 204 Å². The molecule has 1 fully saturated rings. The zero-order valence-electron chi connectivity index (χ0n) is 18.7. The molecule has 176 valence electrons. The van der Waals surface area contributed by atoms with E-state index in [1.165, 1.54) is 12.1 Å². The van der Waals surface area contributed by atoms with Gasteiger partial charge < -0.3 is 14.5 Å². The number of ether oxygens (including phenoxy) is 1. The second-order valence-electron chi connectivity index (χ2n) is 8.97. The summed E-state index contributed by atoms with van der Waals surface area (Å²) >= 11 is 0. The number of hydrogen-bond donors (Lipinski definition) is 0. The molecule has 0 aromatic heterocycles. The molecule has 1 saturated heterocycles. The van der Waals surface area contributed by atoms with E-state index in [1.54, 1.807) is 0 Å². The minimum atomic E-state index is -4.32. The third-order valence-electron chi connectivity index (χ3n) is 6.19. The van der Waals surface area contributed by atoms with Gasteiger partial charge in [-0.3, -0.25) is 0 Å². The van der Waals surface area contributed by atoms with Crippen molar-refractivity contribution in [3.8, 4) is 0 Å². The Kier molecular flexibility index (Phi) is 9.73. The van der Waals surface area contributed by atoms with Gasteiger partial charge in [0.25, 0.3) is 0 Å². The van der Waals surface area contributed by atoms with Crippen LogP contribution in [-0.2, 0) is 10.9 Å². The molecule has 31 heavy (non-hydrogen) atoms. The maximum atomic E-state index is 13.3. The molecular weight excluding hydrogens is 537 g/mol. The first-order valence-corrected chi connectivity index (χ1v) is 10.1. The van der Waals surface area contributed by atoms with Crippen molar-refractivity contribution in [1.82, 2.24) is 9.80 Å². The first-order valence-electron chi connectivity index (χ1n) is 10.1. The Hall–Kier alpha value is -0.990. The molecule has 0 saturated carbocycles. The first-order chi connectivity index (χ1) is 13.5.